The zero-order valence-electron chi connectivity index (χ0n) is 13.6. The molecule has 1 atom stereocenters. The Hall–Kier alpha value is -1.94. The Labute approximate surface area is 155 Å². The molecule has 0 spiro atoms. The summed E-state index contributed by atoms with van der Waals surface area (Å²) in [6, 6.07) is 11.1. The SMILES string of the molecule is O=C(O)C1CNCCN1S(=O)(=O)c1ccc(Sc2ccc(F)cc2)cc1. The van der Waals surface area contributed by atoms with Crippen molar-refractivity contribution < 1.29 is 22.7 Å². The van der Waals surface area contributed by atoms with Gasteiger partial charge in [-0.25, -0.2) is 12.8 Å². The lowest BCUT2D eigenvalue weighted by molar-refractivity contribution is -0.141. The number of rotatable bonds is 5. The molecule has 2 N–H and O–H groups in total. The third-order valence-corrected chi connectivity index (χ3v) is 6.90. The van der Waals surface area contributed by atoms with Gasteiger partial charge in [0.2, 0.25) is 10.0 Å². The Balaban J connectivity index is 1.80. The summed E-state index contributed by atoms with van der Waals surface area (Å²) in [6.07, 6.45) is 0. The molecule has 0 aromatic heterocycles. The summed E-state index contributed by atoms with van der Waals surface area (Å²) in [7, 11) is -3.90. The largest absolute Gasteiger partial charge is 0.480 e. The van der Waals surface area contributed by atoms with Crippen LogP contribution in [-0.2, 0) is 14.8 Å². The summed E-state index contributed by atoms with van der Waals surface area (Å²) in [5, 5.41) is 12.2. The fourth-order valence-corrected chi connectivity index (χ4v) is 5.04. The Morgan fingerprint density at radius 3 is 2.27 bits per heavy atom. The minimum absolute atomic E-state index is 0.0501. The zero-order valence-corrected chi connectivity index (χ0v) is 15.3. The molecule has 1 unspecified atom stereocenters. The summed E-state index contributed by atoms with van der Waals surface area (Å²) < 4.78 is 39.6. The topological polar surface area (TPSA) is 86.7 Å². The summed E-state index contributed by atoms with van der Waals surface area (Å²) in [5.74, 6) is -1.50. The molecule has 2 aromatic carbocycles. The van der Waals surface area contributed by atoms with Gasteiger partial charge in [-0.05, 0) is 48.5 Å². The van der Waals surface area contributed by atoms with E-state index in [0.717, 1.165) is 14.1 Å². The highest BCUT2D eigenvalue weighted by Gasteiger charge is 2.37. The lowest BCUT2D eigenvalue weighted by Crippen LogP contribution is -2.56. The van der Waals surface area contributed by atoms with Crippen LogP contribution in [0.2, 0.25) is 0 Å². The standard InChI is InChI=1S/C17H17FN2O4S2/c18-12-1-3-13(4-2-12)25-14-5-7-15(8-6-14)26(23,24)20-10-9-19-11-16(20)17(21)22/h1-8,16,19H,9-11H2,(H,21,22). The second-order valence-corrected chi connectivity index (χ2v) is 8.74. The van der Waals surface area contributed by atoms with Crippen molar-refractivity contribution >= 4 is 27.8 Å². The highest BCUT2D eigenvalue weighted by Crippen LogP contribution is 2.29. The number of benzene rings is 2. The molecule has 9 heteroatoms. The summed E-state index contributed by atoms with van der Waals surface area (Å²) in [4.78, 5) is 13.0. The number of hydrogen-bond donors (Lipinski definition) is 2. The molecule has 1 aliphatic heterocycles. The van der Waals surface area contributed by atoms with Gasteiger partial charge >= 0.3 is 5.97 Å². The molecule has 1 heterocycles. The van der Waals surface area contributed by atoms with Crippen molar-refractivity contribution in [1.82, 2.24) is 9.62 Å². The molecule has 0 saturated carbocycles. The van der Waals surface area contributed by atoms with Crippen LogP contribution in [0.3, 0.4) is 0 Å². The Kier molecular flexibility index (Phi) is 5.61. The molecular formula is C17H17FN2O4S2. The molecular weight excluding hydrogens is 379 g/mol. The van der Waals surface area contributed by atoms with Gasteiger partial charge < -0.3 is 10.4 Å². The van der Waals surface area contributed by atoms with Crippen molar-refractivity contribution in [2.75, 3.05) is 19.6 Å². The minimum atomic E-state index is -3.90. The third-order valence-electron chi connectivity index (χ3n) is 3.96. The van der Waals surface area contributed by atoms with E-state index in [4.69, 9.17) is 0 Å². The van der Waals surface area contributed by atoms with Crippen molar-refractivity contribution in [3.05, 3.63) is 54.3 Å². The monoisotopic (exact) mass is 396 g/mol. The number of nitrogens with one attached hydrogen (secondary N) is 1. The number of carbonyl (C=O) groups is 1. The Morgan fingerprint density at radius 1 is 1.12 bits per heavy atom. The molecule has 1 aliphatic rings. The van der Waals surface area contributed by atoms with Crippen LogP contribution in [0.25, 0.3) is 0 Å². The van der Waals surface area contributed by atoms with E-state index in [1.807, 2.05) is 0 Å². The minimum Gasteiger partial charge on any atom is -0.480 e. The van der Waals surface area contributed by atoms with E-state index in [0.29, 0.717) is 6.54 Å². The lowest BCUT2D eigenvalue weighted by atomic mass is 10.2. The van der Waals surface area contributed by atoms with Crippen LogP contribution >= 0.6 is 11.8 Å². The molecule has 26 heavy (non-hydrogen) atoms. The third kappa shape index (κ3) is 4.07. The van der Waals surface area contributed by atoms with E-state index in [2.05, 4.69) is 5.32 Å². The number of halogens is 1. The number of sulfonamides is 1. The van der Waals surface area contributed by atoms with E-state index in [9.17, 15) is 22.7 Å². The molecule has 1 fully saturated rings. The second-order valence-electron chi connectivity index (χ2n) is 5.70. The van der Waals surface area contributed by atoms with Crippen LogP contribution in [0.4, 0.5) is 4.39 Å². The molecule has 2 aromatic rings. The van der Waals surface area contributed by atoms with Gasteiger partial charge in [-0.2, -0.15) is 4.31 Å². The van der Waals surface area contributed by atoms with Crippen molar-refractivity contribution in [2.24, 2.45) is 0 Å². The van der Waals surface area contributed by atoms with Crippen LogP contribution in [0.5, 0.6) is 0 Å². The predicted molar refractivity (Wildman–Crippen MR) is 95.2 cm³/mol. The molecule has 3 rings (SSSR count). The Morgan fingerprint density at radius 2 is 1.69 bits per heavy atom. The van der Waals surface area contributed by atoms with Crippen molar-refractivity contribution in [1.29, 1.82) is 0 Å². The number of carboxylic acid groups (broad SMARTS) is 1. The first-order valence-corrected chi connectivity index (χ1v) is 10.1. The highest BCUT2D eigenvalue weighted by molar-refractivity contribution is 7.99. The van der Waals surface area contributed by atoms with Crippen LogP contribution in [-0.4, -0.2) is 49.5 Å². The number of nitrogens with zero attached hydrogens (tertiary/aromatic N) is 1. The van der Waals surface area contributed by atoms with Gasteiger partial charge in [-0.3, -0.25) is 4.79 Å². The van der Waals surface area contributed by atoms with Crippen molar-refractivity contribution in [3.8, 4) is 0 Å². The summed E-state index contributed by atoms with van der Waals surface area (Å²) in [6.45, 7) is 0.583. The van der Waals surface area contributed by atoms with Crippen molar-refractivity contribution in [2.45, 2.75) is 20.7 Å². The van der Waals surface area contributed by atoms with Gasteiger partial charge in [0, 0.05) is 29.4 Å². The molecule has 0 radical (unpaired) electrons. The maximum atomic E-state index is 12.9. The van der Waals surface area contributed by atoms with Crippen LogP contribution in [0.15, 0.2) is 63.2 Å². The van der Waals surface area contributed by atoms with Crippen LogP contribution < -0.4 is 5.32 Å². The van der Waals surface area contributed by atoms with Crippen LogP contribution in [0, 0.1) is 5.82 Å². The highest BCUT2D eigenvalue weighted by atomic mass is 32.2. The van der Waals surface area contributed by atoms with Gasteiger partial charge in [0.25, 0.3) is 0 Å². The summed E-state index contributed by atoms with van der Waals surface area (Å²) >= 11 is 1.38. The van der Waals surface area contributed by atoms with E-state index < -0.39 is 22.0 Å². The normalized spacial score (nSPS) is 18.6. The summed E-state index contributed by atoms with van der Waals surface area (Å²) in [5.41, 5.74) is 0. The first-order valence-electron chi connectivity index (χ1n) is 7.87. The number of carboxylic acids is 1. The van der Waals surface area contributed by atoms with Gasteiger partial charge in [-0.1, -0.05) is 11.8 Å². The maximum absolute atomic E-state index is 12.9. The first-order chi connectivity index (χ1) is 12.4. The van der Waals surface area contributed by atoms with Crippen molar-refractivity contribution in [3.63, 3.8) is 0 Å². The fraction of sp³-hybridized carbons (Fsp3) is 0.235. The quantitative estimate of drug-likeness (QED) is 0.804. The number of aliphatic carboxylic acids is 1. The smallest absolute Gasteiger partial charge is 0.323 e. The maximum Gasteiger partial charge on any atom is 0.323 e. The average Bonchev–Trinajstić information content (AvgIpc) is 2.64. The zero-order chi connectivity index (χ0) is 18.7. The van der Waals surface area contributed by atoms with E-state index in [-0.39, 0.29) is 23.8 Å². The molecule has 138 valence electrons. The fourth-order valence-electron chi connectivity index (χ4n) is 2.64. The van der Waals surface area contributed by atoms with Crippen LogP contribution in [0.1, 0.15) is 0 Å². The molecule has 0 aliphatic carbocycles. The first kappa shape index (κ1) is 18.8. The molecule has 1 saturated heterocycles. The van der Waals surface area contributed by atoms with E-state index in [1.165, 1.54) is 36.0 Å². The second kappa shape index (κ2) is 7.75. The molecule has 0 bridgehead atoms. The van der Waals surface area contributed by atoms with Gasteiger partial charge in [0.1, 0.15) is 11.9 Å². The van der Waals surface area contributed by atoms with Gasteiger partial charge in [0.15, 0.2) is 0 Å². The predicted octanol–water partition coefficient (Wildman–Crippen LogP) is 2.02. The van der Waals surface area contributed by atoms with E-state index >= 15 is 0 Å². The van der Waals surface area contributed by atoms with Gasteiger partial charge in [-0.15, -0.1) is 0 Å². The average molecular weight is 396 g/mol. The number of piperazine rings is 1. The molecule has 6 nitrogen and oxygen atoms in total. The Bertz CT molecular complexity index is 886. The number of hydrogen-bond acceptors (Lipinski definition) is 5. The lowest BCUT2D eigenvalue weighted by Gasteiger charge is -2.32. The van der Waals surface area contributed by atoms with E-state index in [1.54, 1.807) is 24.3 Å². The van der Waals surface area contributed by atoms with Gasteiger partial charge in [0.05, 0.1) is 4.90 Å². The molecule has 0 amide bonds.